The molecule has 2 rings (SSSR count). The standard InChI is InChI=1S/C48H81NO6/c1-7-11-13-15-17-19-21-23-42-25-31-47(32-26-42)53-37-40(5)55-46(10-4)39-52-36-35-49(41(6)50)44(9-3)29-30-45(51)38-54-48-33-27-43(28-34-48)24-22-20-18-16-14-12-8-2/h25-28,31-34,40,44-46,51H,7-24,29-30,35-39H2,1-6H3. The number of amides is 1. The Bertz CT molecular complexity index is 1190. The molecule has 2 aromatic carbocycles. The van der Waals surface area contributed by atoms with Crippen molar-refractivity contribution in [2.45, 2.75) is 194 Å². The second kappa shape index (κ2) is 31.5. The van der Waals surface area contributed by atoms with Crippen LogP contribution in [0.15, 0.2) is 48.5 Å². The molecular weight excluding hydrogens is 687 g/mol. The second-order valence-corrected chi connectivity index (χ2v) is 15.7. The van der Waals surface area contributed by atoms with E-state index in [1.54, 1.807) is 6.92 Å². The summed E-state index contributed by atoms with van der Waals surface area (Å²) in [6, 6.07) is 16.8. The van der Waals surface area contributed by atoms with Gasteiger partial charge in [0, 0.05) is 19.5 Å². The Morgan fingerprint density at radius 2 is 1.13 bits per heavy atom. The van der Waals surface area contributed by atoms with E-state index in [4.69, 9.17) is 18.9 Å². The van der Waals surface area contributed by atoms with Gasteiger partial charge in [-0.2, -0.15) is 0 Å². The highest BCUT2D eigenvalue weighted by atomic mass is 16.6. The van der Waals surface area contributed by atoms with Gasteiger partial charge in [-0.3, -0.25) is 4.79 Å². The number of hydrogen-bond acceptors (Lipinski definition) is 6. The molecule has 1 N–H and O–H groups in total. The van der Waals surface area contributed by atoms with Crippen molar-refractivity contribution in [3.63, 3.8) is 0 Å². The Labute approximate surface area is 337 Å². The molecule has 0 bridgehead atoms. The zero-order chi connectivity index (χ0) is 39.9. The molecule has 0 spiro atoms. The van der Waals surface area contributed by atoms with Crippen molar-refractivity contribution in [1.29, 1.82) is 0 Å². The zero-order valence-electron chi connectivity index (χ0n) is 36.0. The first-order valence-electron chi connectivity index (χ1n) is 22.4. The van der Waals surface area contributed by atoms with E-state index >= 15 is 0 Å². The summed E-state index contributed by atoms with van der Waals surface area (Å²) < 4.78 is 24.3. The molecule has 0 saturated heterocycles. The number of benzene rings is 2. The number of unbranched alkanes of at least 4 members (excludes halogenated alkanes) is 12. The van der Waals surface area contributed by atoms with E-state index < -0.39 is 6.10 Å². The van der Waals surface area contributed by atoms with Crippen LogP contribution in [0.25, 0.3) is 0 Å². The molecule has 0 radical (unpaired) electrons. The van der Waals surface area contributed by atoms with E-state index in [1.807, 2.05) is 24.0 Å². The summed E-state index contributed by atoms with van der Waals surface area (Å²) in [5, 5.41) is 10.7. The Balaban J connectivity index is 1.63. The van der Waals surface area contributed by atoms with Crippen LogP contribution in [0.2, 0.25) is 0 Å². The van der Waals surface area contributed by atoms with E-state index in [-0.39, 0.29) is 30.8 Å². The van der Waals surface area contributed by atoms with E-state index in [0.29, 0.717) is 39.2 Å². The van der Waals surface area contributed by atoms with Gasteiger partial charge in [-0.05, 0) is 93.7 Å². The fourth-order valence-corrected chi connectivity index (χ4v) is 7.13. The second-order valence-electron chi connectivity index (χ2n) is 15.7. The third-order valence-electron chi connectivity index (χ3n) is 10.7. The molecule has 0 saturated carbocycles. The van der Waals surface area contributed by atoms with Gasteiger partial charge in [-0.15, -0.1) is 0 Å². The van der Waals surface area contributed by atoms with Crippen molar-refractivity contribution in [2.24, 2.45) is 0 Å². The topological polar surface area (TPSA) is 77.5 Å². The molecule has 2 aromatic rings. The highest BCUT2D eigenvalue weighted by Crippen LogP contribution is 2.19. The van der Waals surface area contributed by atoms with Crippen LogP contribution in [-0.2, 0) is 27.1 Å². The smallest absolute Gasteiger partial charge is 0.219 e. The summed E-state index contributed by atoms with van der Waals surface area (Å²) in [6.07, 6.45) is 22.9. The molecule has 1 amide bonds. The van der Waals surface area contributed by atoms with Gasteiger partial charge < -0.3 is 29.0 Å². The molecule has 0 aromatic heterocycles. The highest BCUT2D eigenvalue weighted by Gasteiger charge is 2.21. The molecule has 0 aliphatic heterocycles. The molecule has 7 nitrogen and oxygen atoms in total. The lowest BCUT2D eigenvalue weighted by molar-refractivity contribution is -0.133. The maximum atomic E-state index is 12.6. The third-order valence-corrected chi connectivity index (χ3v) is 10.7. The summed E-state index contributed by atoms with van der Waals surface area (Å²) in [5.41, 5.74) is 2.71. The van der Waals surface area contributed by atoms with Crippen molar-refractivity contribution in [1.82, 2.24) is 4.90 Å². The molecule has 0 aliphatic rings. The molecule has 0 fully saturated rings. The number of carbonyl (C=O) groups excluding carboxylic acids is 1. The predicted molar refractivity (Wildman–Crippen MR) is 229 cm³/mol. The van der Waals surface area contributed by atoms with Gasteiger partial charge in [0.25, 0.3) is 0 Å². The van der Waals surface area contributed by atoms with E-state index in [9.17, 15) is 9.90 Å². The first kappa shape index (κ1) is 48.5. The minimum absolute atomic E-state index is 0.0256. The molecule has 4 unspecified atom stereocenters. The van der Waals surface area contributed by atoms with Crippen molar-refractivity contribution in [2.75, 3.05) is 33.0 Å². The van der Waals surface area contributed by atoms with E-state index in [0.717, 1.165) is 37.2 Å². The van der Waals surface area contributed by atoms with Crippen LogP contribution >= 0.6 is 0 Å². The molecule has 0 aliphatic carbocycles. The average molecular weight is 768 g/mol. The lowest BCUT2D eigenvalue weighted by Crippen LogP contribution is -2.41. The van der Waals surface area contributed by atoms with Crippen LogP contribution in [0.1, 0.15) is 168 Å². The van der Waals surface area contributed by atoms with Gasteiger partial charge >= 0.3 is 0 Å². The van der Waals surface area contributed by atoms with Gasteiger partial charge in [-0.1, -0.05) is 129 Å². The SMILES string of the molecule is CCCCCCCCCc1ccc(OCC(O)CCC(CC)N(CCOCC(CC)OC(C)COc2ccc(CCCCCCCCC)cc2)C(C)=O)cc1. The largest absolute Gasteiger partial charge is 0.491 e. The Kier molecular flexibility index (Phi) is 27.8. The number of hydrogen-bond donors (Lipinski definition) is 1. The summed E-state index contributed by atoms with van der Waals surface area (Å²) in [6.45, 7) is 14.5. The van der Waals surface area contributed by atoms with Crippen LogP contribution < -0.4 is 9.47 Å². The summed E-state index contributed by atoms with van der Waals surface area (Å²) in [7, 11) is 0. The van der Waals surface area contributed by atoms with Crippen LogP contribution in [0.4, 0.5) is 0 Å². The number of rotatable bonds is 35. The summed E-state index contributed by atoms with van der Waals surface area (Å²) >= 11 is 0. The molecular formula is C48H81NO6. The third kappa shape index (κ3) is 23.3. The van der Waals surface area contributed by atoms with E-state index in [2.05, 4.69) is 64.1 Å². The number of ether oxygens (including phenoxy) is 4. The number of nitrogens with zero attached hydrogens (tertiary/aromatic N) is 1. The maximum Gasteiger partial charge on any atom is 0.219 e. The minimum atomic E-state index is -0.598. The number of aliphatic hydroxyl groups is 1. The fraction of sp³-hybridized carbons (Fsp3) is 0.729. The van der Waals surface area contributed by atoms with Crippen molar-refractivity contribution < 1.29 is 28.8 Å². The quantitative estimate of drug-likeness (QED) is 0.0704. The molecule has 4 atom stereocenters. The predicted octanol–water partition coefficient (Wildman–Crippen LogP) is 11.7. The zero-order valence-corrected chi connectivity index (χ0v) is 36.0. The van der Waals surface area contributed by atoms with Crippen molar-refractivity contribution in [3.8, 4) is 11.5 Å². The lowest BCUT2D eigenvalue weighted by Gasteiger charge is -2.31. The molecule has 7 heteroatoms. The van der Waals surface area contributed by atoms with Gasteiger partial charge in [0.2, 0.25) is 5.91 Å². The van der Waals surface area contributed by atoms with Crippen molar-refractivity contribution in [3.05, 3.63) is 59.7 Å². The summed E-state index contributed by atoms with van der Waals surface area (Å²) in [5.74, 6) is 1.68. The van der Waals surface area contributed by atoms with E-state index in [1.165, 1.54) is 101 Å². The Morgan fingerprint density at radius 3 is 1.60 bits per heavy atom. The first-order valence-corrected chi connectivity index (χ1v) is 22.4. The maximum absolute atomic E-state index is 12.6. The average Bonchev–Trinajstić information content (AvgIpc) is 3.19. The first-order chi connectivity index (χ1) is 26.8. The fourth-order valence-electron chi connectivity index (χ4n) is 7.13. The summed E-state index contributed by atoms with van der Waals surface area (Å²) in [4.78, 5) is 14.5. The lowest BCUT2D eigenvalue weighted by atomic mass is 10.0. The molecule has 0 heterocycles. The minimum Gasteiger partial charge on any atom is -0.491 e. The molecule has 314 valence electrons. The highest BCUT2D eigenvalue weighted by molar-refractivity contribution is 5.73. The number of carbonyl (C=O) groups is 1. The van der Waals surface area contributed by atoms with Gasteiger partial charge in [0.1, 0.15) is 24.7 Å². The number of aryl methyl sites for hydroxylation is 2. The number of aliphatic hydroxyl groups excluding tert-OH is 1. The van der Waals surface area contributed by atoms with Gasteiger partial charge in [0.05, 0.1) is 31.5 Å². The van der Waals surface area contributed by atoms with Crippen LogP contribution in [0, 0.1) is 0 Å². The van der Waals surface area contributed by atoms with Crippen LogP contribution in [-0.4, -0.2) is 73.2 Å². The van der Waals surface area contributed by atoms with Gasteiger partial charge in [-0.25, -0.2) is 0 Å². The van der Waals surface area contributed by atoms with Gasteiger partial charge in [0.15, 0.2) is 0 Å². The Hall–Kier alpha value is -2.61. The normalized spacial score (nSPS) is 13.7. The van der Waals surface area contributed by atoms with Crippen LogP contribution in [0.5, 0.6) is 11.5 Å². The van der Waals surface area contributed by atoms with Crippen LogP contribution in [0.3, 0.4) is 0 Å². The van der Waals surface area contributed by atoms with Crippen molar-refractivity contribution >= 4 is 5.91 Å². The molecule has 55 heavy (non-hydrogen) atoms. The Morgan fingerprint density at radius 1 is 0.636 bits per heavy atom. The monoisotopic (exact) mass is 768 g/mol.